The zero-order valence-corrected chi connectivity index (χ0v) is 10.7. The number of halogens is 1. The van der Waals surface area contributed by atoms with Gasteiger partial charge in [0.1, 0.15) is 0 Å². The smallest absolute Gasteiger partial charge is 0.251 e. The van der Waals surface area contributed by atoms with Crippen molar-refractivity contribution in [1.29, 1.82) is 0 Å². The maximum atomic E-state index is 11.4. The minimum Gasteiger partial charge on any atom is -0.355 e. The molecule has 2 aromatic rings. The maximum Gasteiger partial charge on any atom is 0.251 e. The zero-order valence-electron chi connectivity index (χ0n) is 9.91. The van der Waals surface area contributed by atoms with Crippen molar-refractivity contribution in [2.24, 2.45) is 0 Å². The number of carbonyl (C=O) groups excluding carboxylic acids is 1. The van der Waals surface area contributed by atoms with Gasteiger partial charge in [0.15, 0.2) is 0 Å². The number of carbonyl (C=O) groups is 1. The third-order valence-electron chi connectivity index (χ3n) is 2.49. The molecule has 92 valence electrons. The third-order valence-corrected chi connectivity index (χ3v) is 2.72. The van der Waals surface area contributed by atoms with Gasteiger partial charge in [0.25, 0.3) is 5.91 Å². The molecule has 0 saturated heterocycles. The summed E-state index contributed by atoms with van der Waals surface area (Å²) in [7, 11) is 1.61. The standard InChI is InChI=1S/C14H13ClN2O/c1-16-14(18)10-5-7-12(8-6-10)17-13-4-2-3-11(15)9-13/h2-9,17H,1H3,(H,16,18). The summed E-state index contributed by atoms with van der Waals surface area (Å²) >= 11 is 5.90. The molecule has 3 nitrogen and oxygen atoms in total. The second-order valence-electron chi connectivity index (χ2n) is 3.79. The molecule has 4 heteroatoms. The van der Waals surface area contributed by atoms with Crippen molar-refractivity contribution in [2.75, 3.05) is 12.4 Å². The van der Waals surface area contributed by atoms with Crippen molar-refractivity contribution in [2.45, 2.75) is 0 Å². The topological polar surface area (TPSA) is 41.1 Å². The first-order valence-electron chi connectivity index (χ1n) is 5.54. The first-order chi connectivity index (χ1) is 8.69. The zero-order chi connectivity index (χ0) is 13.0. The van der Waals surface area contributed by atoms with Gasteiger partial charge in [-0.1, -0.05) is 17.7 Å². The molecule has 0 aliphatic heterocycles. The van der Waals surface area contributed by atoms with Crippen molar-refractivity contribution in [3.63, 3.8) is 0 Å². The predicted molar refractivity (Wildman–Crippen MR) is 74.6 cm³/mol. The maximum absolute atomic E-state index is 11.4. The minimum atomic E-state index is -0.0932. The Morgan fingerprint density at radius 3 is 2.39 bits per heavy atom. The molecule has 0 aliphatic rings. The van der Waals surface area contributed by atoms with E-state index in [1.807, 2.05) is 36.4 Å². The highest BCUT2D eigenvalue weighted by atomic mass is 35.5. The molecule has 0 fully saturated rings. The number of hydrogen-bond donors (Lipinski definition) is 2. The van der Waals surface area contributed by atoms with Crippen LogP contribution in [-0.4, -0.2) is 13.0 Å². The van der Waals surface area contributed by atoms with E-state index in [-0.39, 0.29) is 5.91 Å². The fourth-order valence-corrected chi connectivity index (χ4v) is 1.77. The van der Waals surface area contributed by atoms with Gasteiger partial charge in [-0.3, -0.25) is 4.79 Å². The molecule has 0 bridgehead atoms. The molecule has 2 N–H and O–H groups in total. The second kappa shape index (κ2) is 5.56. The highest BCUT2D eigenvalue weighted by molar-refractivity contribution is 6.30. The van der Waals surface area contributed by atoms with Crippen molar-refractivity contribution in [1.82, 2.24) is 5.32 Å². The number of anilines is 2. The molecule has 18 heavy (non-hydrogen) atoms. The van der Waals surface area contributed by atoms with Crippen LogP contribution in [0.2, 0.25) is 5.02 Å². The van der Waals surface area contributed by atoms with Gasteiger partial charge in [-0.2, -0.15) is 0 Å². The van der Waals surface area contributed by atoms with Crippen LogP contribution in [0.25, 0.3) is 0 Å². The van der Waals surface area contributed by atoms with Crippen molar-refractivity contribution < 1.29 is 4.79 Å². The van der Waals surface area contributed by atoms with Gasteiger partial charge < -0.3 is 10.6 Å². The molecule has 0 heterocycles. The van der Waals surface area contributed by atoms with Crippen LogP contribution in [0.3, 0.4) is 0 Å². The van der Waals surface area contributed by atoms with Crippen molar-refractivity contribution in [3.05, 3.63) is 59.1 Å². The Kier molecular flexibility index (Phi) is 3.85. The van der Waals surface area contributed by atoms with Crippen LogP contribution < -0.4 is 10.6 Å². The van der Waals surface area contributed by atoms with Crippen LogP contribution in [-0.2, 0) is 0 Å². The van der Waals surface area contributed by atoms with Gasteiger partial charge in [-0.15, -0.1) is 0 Å². The third kappa shape index (κ3) is 3.02. The summed E-state index contributed by atoms with van der Waals surface area (Å²) in [5.41, 5.74) is 2.45. The average molecular weight is 261 g/mol. The van der Waals surface area contributed by atoms with E-state index in [2.05, 4.69) is 10.6 Å². The van der Waals surface area contributed by atoms with Crippen LogP contribution in [0.4, 0.5) is 11.4 Å². The Bertz CT molecular complexity index is 552. The molecule has 0 spiro atoms. The Hall–Kier alpha value is -2.00. The van der Waals surface area contributed by atoms with E-state index in [9.17, 15) is 4.79 Å². The summed E-state index contributed by atoms with van der Waals surface area (Å²) in [6.07, 6.45) is 0. The summed E-state index contributed by atoms with van der Waals surface area (Å²) in [6, 6.07) is 14.7. The molecule has 0 aromatic heterocycles. The average Bonchev–Trinajstić information content (AvgIpc) is 2.39. The molecule has 0 unspecified atom stereocenters. The Morgan fingerprint density at radius 1 is 1.06 bits per heavy atom. The molecule has 2 rings (SSSR count). The van der Waals surface area contributed by atoms with Gasteiger partial charge in [0, 0.05) is 29.0 Å². The Labute approximate surface area is 111 Å². The number of benzene rings is 2. The fourth-order valence-electron chi connectivity index (χ4n) is 1.58. The van der Waals surface area contributed by atoms with Crippen LogP contribution in [0, 0.1) is 0 Å². The van der Waals surface area contributed by atoms with Crippen LogP contribution in [0.1, 0.15) is 10.4 Å². The minimum absolute atomic E-state index is 0.0932. The largest absolute Gasteiger partial charge is 0.355 e. The van der Waals surface area contributed by atoms with Gasteiger partial charge >= 0.3 is 0 Å². The lowest BCUT2D eigenvalue weighted by Crippen LogP contribution is -2.17. The molecule has 0 atom stereocenters. The van der Waals surface area contributed by atoms with Gasteiger partial charge in [-0.25, -0.2) is 0 Å². The summed E-state index contributed by atoms with van der Waals surface area (Å²) in [5, 5.41) is 6.48. The number of nitrogens with one attached hydrogen (secondary N) is 2. The van der Waals surface area contributed by atoms with Gasteiger partial charge in [0.2, 0.25) is 0 Å². The summed E-state index contributed by atoms with van der Waals surface area (Å²) in [4.78, 5) is 11.4. The van der Waals surface area contributed by atoms with Crippen molar-refractivity contribution >= 4 is 28.9 Å². The Morgan fingerprint density at radius 2 is 1.78 bits per heavy atom. The van der Waals surface area contributed by atoms with E-state index in [4.69, 9.17) is 11.6 Å². The van der Waals surface area contributed by atoms with Crippen LogP contribution >= 0.6 is 11.6 Å². The van der Waals surface area contributed by atoms with Crippen LogP contribution in [0.5, 0.6) is 0 Å². The monoisotopic (exact) mass is 260 g/mol. The Balaban J connectivity index is 2.13. The second-order valence-corrected chi connectivity index (χ2v) is 4.23. The van der Waals surface area contributed by atoms with E-state index in [0.29, 0.717) is 10.6 Å². The molecule has 2 aromatic carbocycles. The van der Waals surface area contributed by atoms with E-state index < -0.39 is 0 Å². The van der Waals surface area contributed by atoms with Gasteiger partial charge in [0.05, 0.1) is 0 Å². The lowest BCUT2D eigenvalue weighted by atomic mass is 10.2. The molecule has 0 aliphatic carbocycles. The summed E-state index contributed by atoms with van der Waals surface area (Å²) in [5.74, 6) is -0.0932. The predicted octanol–water partition coefficient (Wildman–Crippen LogP) is 3.44. The number of rotatable bonds is 3. The molecule has 0 radical (unpaired) electrons. The van der Waals surface area contributed by atoms with E-state index in [1.165, 1.54) is 0 Å². The van der Waals surface area contributed by atoms with E-state index in [0.717, 1.165) is 11.4 Å². The molecule has 1 amide bonds. The first-order valence-corrected chi connectivity index (χ1v) is 5.91. The first kappa shape index (κ1) is 12.5. The molecular weight excluding hydrogens is 248 g/mol. The quantitative estimate of drug-likeness (QED) is 0.888. The highest BCUT2D eigenvalue weighted by Gasteiger charge is 2.02. The normalized spacial score (nSPS) is 9.89. The van der Waals surface area contributed by atoms with Crippen molar-refractivity contribution in [3.8, 4) is 0 Å². The SMILES string of the molecule is CNC(=O)c1ccc(Nc2cccc(Cl)c2)cc1. The van der Waals surface area contributed by atoms with Gasteiger partial charge in [-0.05, 0) is 42.5 Å². The highest BCUT2D eigenvalue weighted by Crippen LogP contribution is 2.20. The summed E-state index contributed by atoms with van der Waals surface area (Å²) in [6.45, 7) is 0. The summed E-state index contributed by atoms with van der Waals surface area (Å²) < 4.78 is 0. The lowest BCUT2D eigenvalue weighted by Gasteiger charge is -2.07. The molecule has 0 saturated carbocycles. The number of amides is 1. The molecular formula is C14H13ClN2O. The fraction of sp³-hybridized carbons (Fsp3) is 0.0714. The van der Waals surface area contributed by atoms with Crippen LogP contribution in [0.15, 0.2) is 48.5 Å². The van der Waals surface area contributed by atoms with E-state index >= 15 is 0 Å². The lowest BCUT2D eigenvalue weighted by molar-refractivity contribution is 0.0963. The number of hydrogen-bond acceptors (Lipinski definition) is 2. The van der Waals surface area contributed by atoms with E-state index in [1.54, 1.807) is 19.2 Å².